The summed E-state index contributed by atoms with van der Waals surface area (Å²) in [6.07, 6.45) is 2.25. The van der Waals surface area contributed by atoms with E-state index in [9.17, 15) is 9.59 Å². The number of fused-ring (bicyclic) bond motifs is 1. The van der Waals surface area contributed by atoms with Crippen LogP contribution in [0.5, 0.6) is 0 Å². The van der Waals surface area contributed by atoms with Crippen LogP contribution in [-0.2, 0) is 17.8 Å². The van der Waals surface area contributed by atoms with Crippen molar-refractivity contribution >= 4 is 27.5 Å². The van der Waals surface area contributed by atoms with Crippen molar-refractivity contribution in [2.75, 3.05) is 0 Å². The number of nitrogens with zero attached hydrogens (tertiary/aromatic N) is 2. The number of benzene rings is 1. The second kappa shape index (κ2) is 5.73. The van der Waals surface area contributed by atoms with Crippen LogP contribution in [0.25, 0.3) is 21.3 Å². The zero-order chi connectivity index (χ0) is 15.7. The molecular weight excluding hydrogens is 300 g/mol. The molecule has 0 saturated heterocycles. The largest absolute Gasteiger partial charge is 0.480 e. The fourth-order valence-corrected chi connectivity index (χ4v) is 3.26. The Bertz CT molecular complexity index is 894. The van der Waals surface area contributed by atoms with Gasteiger partial charge in [-0.3, -0.25) is 14.2 Å². The summed E-state index contributed by atoms with van der Waals surface area (Å²) < 4.78 is 1.13. The number of hydrogen-bond donors (Lipinski definition) is 1. The zero-order valence-corrected chi connectivity index (χ0v) is 12.8. The molecule has 0 fully saturated rings. The highest BCUT2D eigenvalue weighted by molar-refractivity contribution is 7.17. The molecule has 0 spiro atoms. The summed E-state index contributed by atoms with van der Waals surface area (Å²) >= 11 is 1.39. The number of aliphatic carboxylic acids is 1. The van der Waals surface area contributed by atoms with E-state index in [0.29, 0.717) is 10.2 Å². The maximum absolute atomic E-state index is 12.5. The quantitative estimate of drug-likeness (QED) is 0.803. The van der Waals surface area contributed by atoms with E-state index in [-0.39, 0.29) is 12.1 Å². The third-order valence-corrected chi connectivity index (χ3v) is 4.43. The van der Waals surface area contributed by atoms with Gasteiger partial charge in [-0.25, -0.2) is 4.98 Å². The maximum atomic E-state index is 12.5. The molecule has 112 valence electrons. The number of thiophene rings is 1. The van der Waals surface area contributed by atoms with Crippen LogP contribution >= 0.6 is 11.3 Å². The molecule has 0 aliphatic heterocycles. The highest BCUT2D eigenvalue weighted by Gasteiger charge is 2.14. The van der Waals surface area contributed by atoms with E-state index in [1.54, 1.807) is 0 Å². The summed E-state index contributed by atoms with van der Waals surface area (Å²) in [4.78, 5) is 28.2. The minimum absolute atomic E-state index is 0.316. The van der Waals surface area contributed by atoms with Crippen LogP contribution in [0.2, 0.25) is 0 Å². The first-order valence-corrected chi connectivity index (χ1v) is 7.76. The lowest BCUT2D eigenvalue weighted by atomic mass is 10.0. The average molecular weight is 314 g/mol. The van der Waals surface area contributed by atoms with Crippen molar-refractivity contribution in [1.29, 1.82) is 0 Å². The van der Waals surface area contributed by atoms with Crippen LogP contribution in [0, 0.1) is 0 Å². The normalized spacial score (nSPS) is 11.0. The molecule has 1 N–H and O–H groups in total. The van der Waals surface area contributed by atoms with Gasteiger partial charge in [-0.05, 0) is 17.5 Å². The fraction of sp³-hybridized carbons (Fsp3) is 0.188. The molecule has 2 heterocycles. The summed E-state index contributed by atoms with van der Waals surface area (Å²) in [6, 6.07) is 8.03. The van der Waals surface area contributed by atoms with Gasteiger partial charge in [0.2, 0.25) is 0 Å². The smallest absolute Gasteiger partial charge is 0.323 e. The van der Waals surface area contributed by atoms with Crippen LogP contribution in [0.15, 0.2) is 40.8 Å². The third kappa shape index (κ3) is 2.53. The second-order valence-electron chi connectivity index (χ2n) is 4.95. The number of carboxylic acid groups (broad SMARTS) is 1. The molecule has 0 atom stereocenters. The molecule has 0 amide bonds. The van der Waals surface area contributed by atoms with Gasteiger partial charge >= 0.3 is 5.97 Å². The van der Waals surface area contributed by atoms with Crippen molar-refractivity contribution < 1.29 is 9.90 Å². The van der Waals surface area contributed by atoms with Crippen molar-refractivity contribution in [3.63, 3.8) is 0 Å². The standard InChI is InChI=1S/C16H14N2O3S/c1-2-10-3-5-11(6-4-10)12-8-22-15-14(12)16(21)18(9-17-15)7-13(19)20/h3-6,8-9H,2,7H2,1H3,(H,19,20). The Balaban J connectivity index is 2.17. The molecule has 5 nitrogen and oxygen atoms in total. The van der Waals surface area contributed by atoms with E-state index in [4.69, 9.17) is 5.11 Å². The predicted molar refractivity (Wildman–Crippen MR) is 86.3 cm³/mol. The van der Waals surface area contributed by atoms with Crippen molar-refractivity contribution in [3.05, 3.63) is 51.9 Å². The predicted octanol–water partition coefficient (Wildman–Crippen LogP) is 2.77. The molecule has 3 rings (SSSR count). The fourth-order valence-electron chi connectivity index (χ4n) is 2.36. The molecule has 0 aliphatic carbocycles. The maximum Gasteiger partial charge on any atom is 0.323 e. The lowest BCUT2D eigenvalue weighted by Crippen LogP contribution is -2.24. The molecule has 6 heteroatoms. The molecule has 0 radical (unpaired) electrons. The minimum Gasteiger partial charge on any atom is -0.480 e. The highest BCUT2D eigenvalue weighted by atomic mass is 32.1. The highest BCUT2D eigenvalue weighted by Crippen LogP contribution is 2.30. The Labute approximate surface area is 130 Å². The van der Waals surface area contributed by atoms with E-state index < -0.39 is 5.97 Å². The molecule has 2 aromatic heterocycles. The first-order valence-electron chi connectivity index (χ1n) is 6.88. The van der Waals surface area contributed by atoms with Gasteiger partial charge < -0.3 is 5.11 Å². The van der Waals surface area contributed by atoms with E-state index in [1.807, 2.05) is 29.6 Å². The van der Waals surface area contributed by atoms with Crippen LogP contribution in [0.4, 0.5) is 0 Å². The number of carboxylic acids is 1. The van der Waals surface area contributed by atoms with Gasteiger partial charge in [-0.2, -0.15) is 0 Å². The Morgan fingerprint density at radius 2 is 2.05 bits per heavy atom. The third-order valence-electron chi connectivity index (χ3n) is 3.54. The van der Waals surface area contributed by atoms with Crippen LogP contribution in [0.1, 0.15) is 12.5 Å². The molecule has 0 saturated carbocycles. The number of hydrogen-bond acceptors (Lipinski definition) is 4. The van der Waals surface area contributed by atoms with Crippen molar-refractivity contribution in [2.45, 2.75) is 19.9 Å². The Morgan fingerprint density at radius 1 is 1.32 bits per heavy atom. The first kappa shape index (κ1) is 14.5. The Morgan fingerprint density at radius 3 is 2.68 bits per heavy atom. The van der Waals surface area contributed by atoms with Crippen molar-refractivity contribution in [1.82, 2.24) is 9.55 Å². The molecule has 0 aliphatic rings. The lowest BCUT2D eigenvalue weighted by molar-refractivity contribution is -0.137. The average Bonchev–Trinajstić information content (AvgIpc) is 2.94. The van der Waals surface area contributed by atoms with Crippen molar-refractivity contribution in [2.24, 2.45) is 0 Å². The van der Waals surface area contributed by atoms with Gasteiger partial charge in [0.1, 0.15) is 11.4 Å². The zero-order valence-electron chi connectivity index (χ0n) is 11.9. The molecule has 3 aromatic rings. The number of carbonyl (C=O) groups is 1. The molecule has 0 unspecified atom stereocenters. The summed E-state index contributed by atoms with van der Waals surface area (Å²) in [5.74, 6) is -1.06. The molecule has 22 heavy (non-hydrogen) atoms. The number of aryl methyl sites for hydroxylation is 1. The van der Waals surface area contributed by atoms with Gasteiger partial charge in [0.25, 0.3) is 5.56 Å². The van der Waals surface area contributed by atoms with E-state index in [2.05, 4.69) is 11.9 Å². The van der Waals surface area contributed by atoms with E-state index in [1.165, 1.54) is 23.2 Å². The minimum atomic E-state index is -1.06. The van der Waals surface area contributed by atoms with Gasteiger partial charge in [0.15, 0.2) is 0 Å². The summed E-state index contributed by atoms with van der Waals surface area (Å²) in [5, 5.41) is 11.3. The monoisotopic (exact) mass is 314 g/mol. The SMILES string of the molecule is CCc1ccc(-c2csc3ncn(CC(=O)O)c(=O)c23)cc1. The first-order chi connectivity index (χ1) is 10.6. The number of aromatic nitrogens is 2. The van der Waals surface area contributed by atoms with Gasteiger partial charge in [0, 0.05) is 10.9 Å². The Kier molecular flexibility index (Phi) is 3.77. The van der Waals surface area contributed by atoms with Crippen molar-refractivity contribution in [3.8, 4) is 11.1 Å². The molecule has 1 aromatic carbocycles. The topological polar surface area (TPSA) is 72.2 Å². The Hall–Kier alpha value is -2.47. The van der Waals surface area contributed by atoms with E-state index in [0.717, 1.165) is 22.1 Å². The van der Waals surface area contributed by atoms with Crippen LogP contribution in [-0.4, -0.2) is 20.6 Å². The van der Waals surface area contributed by atoms with E-state index >= 15 is 0 Å². The van der Waals surface area contributed by atoms with Gasteiger partial charge in [-0.1, -0.05) is 31.2 Å². The lowest BCUT2D eigenvalue weighted by Gasteiger charge is -2.04. The van der Waals surface area contributed by atoms with Gasteiger partial charge in [0.05, 0.1) is 11.7 Å². The van der Waals surface area contributed by atoms with Crippen LogP contribution < -0.4 is 5.56 Å². The molecular formula is C16H14N2O3S. The summed E-state index contributed by atoms with van der Waals surface area (Å²) in [5.41, 5.74) is 2.66. The summed E-state index contributed by atoms with van der Waals surface area (Å²) in [6.45, 7) is 1.70. The second-order valence-corrected chi connectivity index (χ2v) is 5.81. The van der Waals surface area contributed by atoms with Crippen LogP contribution in [0.3, 0.4) is 0 Å². The summed E-state index contributed by atoms with van der Waals surface area (Å²) in [7, 11) is 0. The number of rotatable bonds is 4. The molecule has 0 bridgehead atoms. The van der Waals surface area contributed by atoms with Gasteiger partial charge in [-0.15, -0.1) is 11.3 Å².